The fourth-order valence-electron chi connectivity index (χ4n) is 1.91. The Morgan fingerprint density at radius 1 is 1.38 bits per heavy atom. The van der Waals surface area contributed by atoms with Crippen LogP contribution < -0.4 is 5.32 Å². The van der Waals surface area contributed by atoms with E-state index in [4.69, 9.17) is 0 Å². The van der Waals surface area contributed by atoms with E-state index in [2.05, 4.69) is 12.2 Å². The molecule has 72 valence electrons. The van der Waals surface area contributed by atoms with Crippen molar-refractivity contribution in [1.82, 2.24) is 10.2 Å². The third-order valence-electron chi connectivity index (χ3n) is 2.92. The molecule has 4 nitrogen and oxygen atoms in total. The summed E-state index contributed by atoms with van der Waals surface area (Å²) in [5.74, 6) is 0.595. The van der Waals surface area contributed by atoms with E-state index in [0.717, 1.165) is 6.42 Å². The maximum Gasteiger partial charge on any atom is 0.242 e. The van der Waals surface area contributed by atoms with Gasteiger partial charge in [0.15, 0.2) is 0 Å². The lowest BCUT2D eigenvalue weighted by Crippen LogP contribution is -2.58. The van der Waals surface area contributed by atoms with Gasteiger partial charge in [-0.1, -0.05) is 6.92 Å². The quantitative estimate of drug-likeness (QED) is 0.607. The van der Waals surface area contributed by atoms with Crippen LogP contribution in [0.1, 0.15) is 20.3 Å². The molecule has 0 radical (unpaired) electrons. The van der Waals surface area contributed by atoms with E-state index in [-0.39, 0.29) is 24.4 Å². The average molecular weight is 182 g/mol. The van der Waals surface area contributed by atoms with Crippen molar-refractivity contribution in [1.29, 1.82) is 0 Å². The molecule has 1 saturated carbocycles. The van der Waals surface area contributed by atoms with Gasteiger partial charge < -0.3 is 10.2 Å². The number of nitrogens with zero attached hydrogens (tertiary/aromatic N) is 1. The van der Waals surface area contributed by atoms with Crippen LogP contribution >= 0.6 is 0 Å². The van der Waals surface area contributed by atoms with Gasteiger partial charge in [0.05, 0.1) is 6.54 Å². The lowest BCUT2D eigenvalue weighted by molar-refractivity contribution is -0.145. The second-order valence-corrected chi connectivity index (χ2v) is 3.98. The molecule has 0 spiro atoms. The average Bonchev–Trinajstić information content (AvgIpc) is 2.76. The van der Waals surface area contributed by atoms with Crippen molar-refractivity contribution in [3.05, 3.63) is 0 Å². The first kappa shape index (κ1) is 8.53. The summed E-state index contributed by atoms with van der Waals surface area (Å²) >= 11 is 0. The fraction of sp³-hybridized carbons (Fsp3) is 0.778. The zero-order valence-electron chi connectivity index (χ0n) is 7.91. The van der Waals surface area contributed by atoms with E-state index in [9.17, 15) is 9.59 Å². The van der Waals surface area contributed by atoms with E-state index in [1.165, 1.54) is 0 Å². The minimum atomic E-state index is -0.281. The van der Waals surface area contributed by atoms with Crippen LogP contribution in [0.5, 0.6) is 0 Å². The first-order chi connectivity index (χ1) is 6.11. The monoisotopic (exact) mass is 182 g/mol. The van der Waals surface area contributed by atoms with Crippen LogP contribution in [-0.4, -0.2) is 35.3 Å². The van der Waals surface area contributed by atoms with Crippen molar-refractivity contribution >= 4 is 11.8 Å². The smallest absolute Gasteiger partial charge is 0.242 e. The number of hydrogen-bond acceptors (Lipinski definition) is 2. The number of nitrogens with one attached hydrogen (secondary N) is 1. The van der Waals surface area contributed by atoms with Crippen molar-refractivity contribution in [2.45, 2.75) is 32.4 Å². The Kier molecular flexibility index (Phi) is 1.78. The van der Waals surface area contributed by atoms with E-state index < -0.39 is 0 Å². The molecule has 3 unspecified atom stereocenters. The van der Waals surface area contributed by atoms with Crippen LogP contribution in [0.2, 0.25) is 0 Å². The maximum absolute atomic E-state index is 11.5. The molecule has 1 N–H and O–H groups in total. The van der Waals surface area contributed by atoms with E-state index >= 15 is 0 Å². The van der Waals surface area contributed by atoms with Crippen LogP contribution in [0.4, 0.5) is 0 Å². The summed E-state index contributed by atoms with van der Waals surface area (Å²) in [5.41, 5.74) is 0. The predicted octanol–water partition coefficient (Wildman–Crippen LogP) is -0.258. The van der Waals surface area contributed by atoms with Gasteiger partial charge in [-0.05, 0) is 19.3 Å². The second kappa shape index (κ2) is 2.72. The van der Waals surface area contributed by atoms with Crippen molar-refractivity contribution in [3.8, 4) is 0 Å². The van der Waals surface area contributed by atoms with Crippen LogP contribution in [0.15, 0.2) is 0 Å². The Labute approximate surface area is 77.3 Å². The zero-order valence-corrected chi connectivity index (χ0v) is 7.91. The highest BCUT2D eigenvalue weighted by molar-refractivity contribution is 5.94. The third kappa shape index (κ3) is 1.30. The maximum atomic E-state index is 11.5. The molecule has 1 aliphatic heterocycles. The third-order valence-corrected chi connectivity index (χ3v) is 2.92. The second-order valence-electron chi connectivity index (χ2n) is 3.98. The summed E-state index contributed by atoms with van der Waals surface area (Å²) < 4.78 is 0. The van der Waals surface area contributed by atoms with Gasteiger partial charge in [-0.15, -0.1) is 0 Å². The van der Waals surface area contributed by atoms with Gasteiger partial charge in [-0.3, -0.25) is 9.59 Å². The van der Waals surface area contributed by atoms with Gasteiger partial charge in [-0.25, -0.2) is 0 Å². The highest BCUT2D eigenvalue weighted by atomic mass is 16.2. The summed E-state index contributed by atoms with van der Waals surface area (Å²) in [7, 11) is 0. The number of rotatable bonds is 1. The van der Waals surface area contributed by atoms with Crippen molar-refractivity contribution in [2.75, 3.05) is 6.54 Å². The molecule has 1 heterocycles. The topological polar surface area (TPSA) is 49.4 Å². The molecular weight excluding hydrogens is 168 g/mol. The summed E-state index contributed by atoms with van der Waals surface area (Å²) in [6, 6.07) is 0.0322. The molecule has 0 aromatic rings. The first-order valence-electron chi connectivity index (χ1n) is 4.70. The van der Waals surface area contributed by atoms with Gasteiger partial charge in [0, 0.05) is 6.04 Å². The molecule has 2 aliphatic rings. The van der Waals surface area contributed by atoms with Crippen LogP contribution in [0.3, 0.4) is 0 Å². The van der Waals surface area contributed by atoms with Gasteiger partial charge >= 0.3 is 0 Å². The van der Waals surface area contributed by atoms with Crippen molar-refractivity contribution in [3.63, 3.8) is 0 Å². The van der Waals surface area contributed by atoms with E-state index in [0.29, 0.717) is 12.0 Å². The standard InChI is InChI=1S/C9H14N2O2/c1-5-3-7(5)11-6(2)9(13)10-4-8(11)12/h5-7H,3-4H2,1-2H3,(H,10,13). The highest BCUT2D eigenvalue weighted by Crippen LogP contribution is 2.36. The molecule has 1 aliphatic carbocycles. The number of piperazine rings is 1. The van der Waals surface area contributed by atoms with E-state index in [1.807, 2.05) is 0 Å². The summed E-state index contributed by atoms with van der Waals surface area (Å²) in [6.45, 7) is 4.07. The van der Waals surface area contributed by atoms with E-state index in [1.54, 1.807) is 11.8 Å². The zero-order chi connectivity index (χ0) is 9.59. The first-order valence-corrected chi connectivity index (χ1v) is 4.70. The Balaban J connectivity index is 2.13. The normalized spacial score (nSPS) is 38.9. The number of carbonyl (C=O) groups excluding carboxylic acids is 2. The molecule has 4 heteroatoms. The van der Waals surface area contributed by atoms with Crippen molar-refractivity contribution < 1.29 is 9.59 Å². The number of carbonyl (C=O) groups is 2. The summed E-state index contributed by atoms with van der Waals surface area (Å²) in [5, 5.41) is 2.58. The lowest BCUT2D eigenvalue weighted by Gasteiger charge is -2.33. The van der Waals surface area contributed by atoms with Gasteiger partial charge in [0.1, 0.15) is 6.04 Å². The molecular formula is C9H14N2O2. The molecule has 13 heavy (non-hydrogen) atoms. The van der Waals surface area contributed by atoms with Gasteiger partial charge in [0.25, 0.3) is 0 Å². The minimum Gasteiger partial charge on any atom is -0.345 e. The molecule has 1 saturated heterocycles. The lowest BCUT2D eigenvalue weighted by atomic mass is 10.2. The highest BCUT2D eigenvalue weighted by Gasteiger charge is 2.45. The van der Waals surface area contributed by atoms with Gasteiger partial charge in [-0.2, -0.15) is 0 Å². The Morgan fingerprint density at radius 3 is 2.54 bits per heavy atom. The molecule has 2 rings (SSSR count). The molecule has 3 atom stereocenters. The molecule has 2 amide bonds. The number of hydrogen-bond donors (Lipinski definition) is 1. The Bertz CT molecular complexity index is 264. The fourth-order valence-corrected chi connectivity index (χ4v) is 1.91. The SMILES string of the molecule is CC1CC1N1C(=O)CNC(=O)C1C. The Morgan fingerprint density at radius 2 is 2.00 bits per heavy atom. The minimum absolute atomic E-state index is 0.0290. The number of amides is 2. The summed E-state index contributed by atoms with van der Waals surface area (Å²) in [4.78, 5) is 24.5. The van der Waals surface area contributed by atoms with Crippen LogP contribution in [-0.2, 0) is 9.59 Å². The predicted molar refractivity (Wildman–Crippen MR) is 46.9 cm³/mol. The molecule has 2 fully saturated rings. The van der Waals surface area contributed by atoms with Crippen molar-refractivity contribution in [2.24, 2.45) is 5.92 Å². The molecule has 0 bridgehead atoms. The van der Waals surface area contributed by atoms with Crippen LogP contribution in [0, 0.1) is 5.92 Å². The molecule has 0 aromatic heterocycles. The van der Waals surface area contributed by atoms with Gasteiger partial charge in [0.2, 0.25) is 11.8 Å². The molecule has 0 aromatic carbocycles. The largest absolute Gasteiger partial charge is 0.345 e. The Hall–Kier alpha value is -1.06. The summed E-state index contributed by atoms with van der Waals surface area (Å²) in [6.07, 6.45) is 1.04. The van der Waals surface area contributed by atoms with Crippen LogP contribution in [0.25, 0.3) is 0 Å².